The summed E-state index contributed by atoms with van der Waals surface area (Å²) >= 11 is 2.12. The number of benzene rings is 1. The van der Waals surface area contributed by atoms with Crippen LogP contribution in [0.2, 0.25) is 0 Å². The molecule has 0 saturated carbocycles. The SMILES string of the molecule is CCCN1C(=O)[C@@H]2[C@@H](CC(CC)=C3[C@@H](CC/C(=C/c4cc(I)c(O)c(OC)c4)CC)OC[C@@H]32)C1=O. The zero-order chi connectivity index (χ0) is 25.3. The Hall–Kier alpha value is -1.87. The summed E-state index contributed by atoms with van der Waals surface area (Å²) in [5.41, 5.74) is 4.92. The number of rotatable bonds is 9. The van der Waals surface area contributed by atoms with Crippen molar-refractivity contribution in [2.45, 2.75) is 65.4 Å². The topological polar surface area (TPSA) is 76.1 Å². The lowest BCUT2D eigenvalue weighted by Crippen LogP contribution is -2.34. The quantitative estimate of drug-likeness (QED) is 0.226. The van der Waals surface area contributed by atoms with Crippen molar-refractivity contribution >= 4 is 40.5 Å². The summed E-state index contributed by atoms with van der Waals surface area (Å²) < 4.78 is 12.4. The van der Waals surface area contributed by atoms with Crippen LogP contribution in [-0.4, -0.2) is 48.2 Å². The second-order valence-corrected chi connectivity index (χ2v) is 10.9. The molecule has 1 aromatic carbocycles. The number of phenolic OH excluding ortho intramolecular Hbond substituents is 1. The van der Waals surface area contributed by atoms with Crippen LogP contribution < -0.4 is 4.74 Å². The zero-order valence-electron chi connectivity index (χ0n) is 21.1. The molecule has 1 aliphatic carbocycles. The molecule has 0 bridgehead atoms. The van der Waals surface area contributed by atoms with Crippen molar-refractivity contribution in [3.63, 3.8) is 0 Å². The molecule has 1 aromatic rings. The van der Waals surface area contributed by atoms with Gasteiger partial charge in [-0.1, -0.05) is 38.0 Å². The number of methoxy groups -OCH3 is 1. The summed E-state index contributed by atoms with van der Waals surface area (Å²) in [6.07, 6.45) is 7.22. The first-order valence-electron chi connectivity index (χ1n) is 12.8. The summed E-state index contributed by atoms with van der Waals surface area (Å²) in [5, 5.41) is 10.1. The predicted molar refractivity (Wildman–Crippen MR) is 144 cm³/mol. The molecule has 6 nitrogen and oxygen atoms in total. The van der Waals surface area contributed by atoms with Gasteiger partial charge >= 0.3 is 0 Å². The van der Waals surface area contributed by atoms with Gasteiger partial charge in [0.2, 0.25) is 11.8 Å². The van der Waals surface area contributed by atoms with E-state index in [9.17, 15) is 14.7 Å². The molecule has 35 heavy (non-hydrogen) atoms. The molecule has 2 amide bonds. The highest BCUT2D eigenvalue weighted by Crippen LogP contribution is 2.50. The maximum absolute atomic E-state index is 13.2. The number of amides is 2. The first kappa shape index (κ1) is 26.2. The average molecular weight is 594 g/mol. The highest BCUT2D eigenvalue weighted by Gasteiger charge is 2.56. The molecule has 0 aromatic heterocycles. The van der Waals surface area contributed by atoms with Crippen molar-refractivity contribution in [3.8, 4) is 11.5 Å². The summed E-state index contributed by atoms with van der Waals surface area (Å²) in [4.78, 5) is 27.7. The number of hydrogen-bond acceptors (Lipinski definition) is 5. The van der Waals surface area contributed by atoms with Crippen LogP contribution in [0, 0.1) is 21.3 Å². The summed E-state index contributed by atoms with van der Waals surface area (Å²) in [7, 11) is 1.56. The fourth-order valence-corrected chi connectivity index (χ4v) is 6.68. The molecule has 0 unspecified atom stereocenters. The second kappa shape index (κ2) is 11.0. The van der Waals surface area contributed by atoms with Crippen LogP contribution in [0.4, 0.5) is 0 Å². The lowest BCUT2D eigenvalue weighted by atomic mass is 9.69. The Labute approximate surface area is 221 Å². The number of hydrogen-bond donors (Lipinski definition) is 1. The molecule has 1 N–H and O–H groups in total. The molecular weight excluding hydrogens is 557 g/mol. The van der Waals surface area contributed by atoms with Crippen molar-refractivity contribution in [1.29, 1.82) is 0 Å². The van der Waals surface area contributed by atoms with Crippen molar-refractivity contribution in [2.75, 3.05) is 20.3 Å². The standard InChI is InChI=1S/C28H36INO5/c1-5-10-30-27(32)19-14-18(7-3)24-20(25(19)28(30)33)15-35-22(24)9-8-16(6-2)11-17-12-21(29)26(31)23(13-17)34-4/h11-13,19-20,22,25,31H,5-10,14-15H2,1-4H3/b16-11+/t19-,20+,22-,25-/m1/s1. The van der Waals surface area contributed by atoms with Crippen LogP contribution in [0.3, 0.4) is 0 Å². The number of ether oxygens (including phenoxy) is 2. The molecule has 2 fully saturated rings. The molecule has 2 heterocycles. The van der Waals surface area contributed by atoms with Gasteiger partial charge in [-0.15, -0.1) is 0 Å². The molecule has 0 radical (unpaired) electrons. The van der Waals surface area contributed by atoms with Crippen LogP contribution in [-0.2, 0) is 14.3 Å². The minimum absolute atomic E-state index is 0.00321. The van der Waals surface area contributed by atoms with Crippen molar-refractivity contribution in [1.82, 2.24) is 4.90 Å². The first-order valence-corrected chi connectivity index (χ1v) is 13.9. The number of fused-ring (bicyclic) bond motifs is 3. The number of carbonyl (C=O) groups is 2. The van der Waals surface area contributed by atoms with Crippen molar-refractivity contribution in [2.24, 2.45) is 17.8 Å². The van der Waals surface area contributed by atoms with E-state index in [2.05, 4.69) is 42.5 Å². The van der Waals surface area contributed by atoms with Gasteiger partial charge in [0.1, 0.15) is 0 Å². The molecule has 0 spiro atoms. The van der Waals surface area contributed by atoms with E-state index in [1.165, 1.54) is 21.6 Å². The van der Waals surface area contributed by atoms with Gasteiger partial charge in [0.25, 0.3) is 0 Å². The van der Waals surface area contributed by atoms with Crippen molar-refractivity contribution < 1.29 is 24.2 Å². The third-order valence-electron chi connectivity index (χ3n) is 7.80. The Morgan fingerprint density at radius 2 is 2.00 bits per heavy atom. The van der Waals surface area contributed by atoms with Crippen LogP contribution in [0.5, 0.6) is 11.5 Å². The summed E-state index contributed by atoms with van der Waals surface area (Å²) in [5.74, 6) is 0.238. The molecule has 190 valence electrons. The van der Waals surface area contributed by atoms with E-state index in [-0.39, 0.29) is 41.4 Å². The number of phenols is 1. The number of halogens is 1. The fourth-order valence-electron chi connectivity index (χ4n) is 6.06. The Morgan fingerprint density at radius 1 is 1.23 bits per heavy atom. The molecule has 2 saturated heterocycles. The minimum atomic E-state index is -0.253. The predicted octanol–water partition coefficient (Wildman–Crippen LogP) is 5.72. The van der Waals surface area contributed by atoms with Gasteiger partial charge in [-0.05, 0) is 84.4 Å². The van der Waals surface area contributed by atoms with Gasteiger partial charge in [0, 0.05) is 12.5 Å². The Balaban J connectivity index is 1.53. The first-order chi connectivity index (χ1) is 16.8. The van der Waals surface area contributed by atoms with E-state index in [0.29, 0.717) is 25.3 Å². The molecular formula is C28H36INO5. The van der Waals surface area contributed by atoms with Crippen LogP contribution in [0.15, 0.2) is 28.9 Å². The number of nitrogens with zero attached hydrogens (tertiary/aromatic N) is 1. The van der Waals surface area contributed by atoms with Crippen LogP contribution >= 0.6 is 22.6 Å². The number of likely N-dealkylation sites (tertiary alicyclic amines) is 1. The maximum atomic E-state index is 13.2. The Morgan fingerprint density at radius 3 is 2.66 bits per heavy atom. The van der Waals surface area contributed by atoms with Crippen LogP contribution in [0.1, 0.15) is 64.9 Å². The fraction of sp³-hybridized carbons (Fsp3) is 0.571. The number of imide groups is 1. The number of aromatic hydroxyl groups is 1. The maximum Gasteiger partial charge on any atom is 0.233 e. The largest absolute Gasteiger partial charge is 0.504 e. The van der Waals surface area contributed by atoms with Gasteiger partial charge in [-0.2, -0.15) is 0 Å². The minimum Gasteiger partial charge on any atom is -0.504 e. The van der Waals surface area contributed by atoms with Crippen LogP contribution in [0.25, 0.3) is 6.08 Å². The highest BCUT2D eigenvalue weighted by molar-refractivity contribution is 14.1. The highest BCUT2D eigenvalue weighted by atomic mass is 127. The van der Waals surface area contributed by atoms with E-state index in [1.54, 1.807) is 7.11 Å². The molecule has 3 aliphatic rings. The third kappa shape index (κ3) is 4.90. The van der Waals surface area contributed by atoms with E-state index in [1.807, 2.05) is 19.1 Å². The molecule has 7 heteroatoms. The van der Waals surface area contributed by atoms with E-state index in [4.69, 9.17) is 9.47 Å². The van der Waals surface area contributed by atoms with Gasteiger partial charge in [0.15, 0.2) is 11.5 Å². The van der Waals surface area contributed by atoms with E-state index >= 15 is 0 Å². The number of allylic oxidation sites excluding steroid dienone is 2. The lowest BCUT2D eigenvalue weighted by Gasteiger charge is -2.31. The zero-order valence-corrected chi connectivity index (χ0v) is 23.3. The summed E-state index contributed by atoms with van der Waals surface area (Å²) in [6, 6.07) is 3.82. The Bertz CT molecular complexity index is 1060. The van der Waals surface area contributed by atoms with Gasteiger partial charge < -0.3 is 14.6 Å². The molecule has 4 rings (SSSR count). The molecule has 4 atom stereocenters. The molecule has 2 aliphatic heterocycles. The monoisotopic (exact) mass is 593 g/mol. The average Bonchev–Trinajstić information content (AvgIpc) is 3.38. The van der Waals surface area contributed by atoms with Gasteiger partial charge in [0.05, 0.1) is 35.2 Å². The lowest BCUT2D eigenvalue weighted by molar-refractivity contribution is -0.140. The van der Waals surface area contributed by atoms with Gasteiger partial charge in [-0.25, -0.2) is 0 Å². The second-order valence-electron chi connectivity index (χ2n) is 9.75. The van der Waals surface area contributed by atoms with E-state index < -0.39 is 0 Å². The normalized spacial score (nSPS) is 26.4. The third-order valence-corrected chi connectivity index (χ3v) is 8.62. The number of carbonyl (C=O) groups excluding carboxylic acids is 2. The summed E-state index contributed by atoms with van der Waals surface area (Å²) in [6.45, 7) is 7.36. The Kier molecular flexibility index (Phi) is 8.26. The van der Waals surface area contributed by atoms with Gasteiger partial charge in [-0.3, -0.25) is 14.5 Å². The smallest absolute Gasteiger partial charge is 0.233 e. The van der Waals surface area contributed by atoms with Crippen molar-refractivity contribution in [3.05, 3.63) is 38.0 Å². The van der Waals surface area contributed by atoms with E-state index in [0.717, 1.165) is 41.2 Å².